The van der Waals surface area contributed by atoms with E-state index in [1.165, 1.54) is 0 Å². The Hall–Kier alpha value is -2.90. The topological polar surface area (TPSA) is 87.4 Å². The van der Waals surface area contributed by atoms with Crippen LogP contribution in [0.25, 0.3) is 5.82 Å². The number of guanidine groups is 1. The number of carbonyl (C=O) groups is 1. The lowest BCUT2D eigenvalue weighted by atomic mass is 9.84. The van der Waals surface area contributed by atoms with Crippen LogP contribution in [0.2, 0.25) is 0 Å². The van der Waals surface area contributed by atoms with Gasteiger partial charge in [0.05, 0.1) is 12.0 Å². The van der Waals surface area contributed by atoms with Crippen molar-refractivity contribution >= 4 is 11.9 Å². The number of pyridine rings is 1. The van der Waals surface area contributed by atoms with E-state index in [1.807, 2.05) is 43.9 Å². The maximum Gasteiger partial charge on any atom is 0.230 e. The lowest BCUT2D eigenvalue weighted by Gasteiger charge is -2.31. The molecule has 0 spiro atoms. The van der Waals surface area contributed by atoms with Crippen LogP contribution < -0.4 is 10.6 Å². The molecule has 1 amide bonds. The fourth-order valence-corrected chi connectivity index (χ4v) is 3.85. The van der Waals surface area contributed by atoms with Gasteiger partial charge >= 0.3 is 0 Å². The van der Waals surface area contributed by atoms with Gasteiger partial charge < -0.3 is 15.5 Å². The van der Waals surface area contributed by atoms with Crippen molar-refractivity contribution < 1.29 is 4.79 Å². The summed E-state index contributed by atoms with van der Waals surface area (Å²) in [5.74, 6) is 1.75. The lowest BCUT2D eigenvalue weighted by Crippen LogP contribution is -2.49. The summed E-state index contributed by atoms with van der Waals surface area (Å²) in [7, 11) is 3.67. The molecule has 0 saturated heterocycles. The van der Waals surface area contributed by atoms with Gasteiger partial charge in [-0.1, -0.05) is 12.8 Å². The smallest absolute Gasteiger partial charge is 0.230 e. The van der Waals surface area contributed by atoms with E-state index in [9.17, 15) is 4.79 Å². The third-order valence-corrected chi connectivity index (χ3v) is 5.36. The number of nitrogens with zero attached hydrogens (tertiary/aromatic N) is 5. The number of nitrogens with one attached hydrogen (secondary N) is 2. The first kappa shape index (κ1) is 20.8. The number of rotatable bonds is 7. The van der Waals surface area contributed by atoms with Gasteiger partial charge in [-0.3, -0.25) is 9.36 Å². The SMILES string of the molecule is CCNC(=NCc1ccnc(-n2ccnc2)c1)NCC1(C(=O)N(C)C)CCCC1. The van der Waals surface area contributed by atoms with E-state index in [0.717, 1.165) is 49.6 Å². The van der Waals surface area contributed by atoms with Crippen molar-refractivity contribution in [2.75, 3.05) is 27.2 Å². The van der Waals surface area contributed by atoms with Crippen LogP contribution in [0.4, 0.5) is 0 Å². The van der Waals surface area contributed by atoms with Gasteiger partial charge in [0.1, 0.15) is 12.1 Å². The molecule has 1 fully saturated rings. The molecule has 1 aliphatic rings. The number of hydrogen-bond acceptors (Lipinski definition) is 4. The normalized spacial score (nSPS) is 15.9. The Balaban J connectivity index is 1.69. The molecule has 8 heteroatoms. The molecule has 29 heavy (non-hydrogen) atoms. The van der Waals surface area contributed by atoms with Crippen molar-refractivity contribution in [3.63, 3.8) is 0 Å². The van der Waals surface area contributed by atoms with Crippen molar-refractivity contribution in [1.82, 2.24) is 30.1 Å². The lowest BCUT2D eigenvalue weighted by molar-refractivity contribution is -0.138. The van der Waals surface area contributed by atoms with Gasteiger partial charge in [0.25, 0.3) is 0 Å². The second kappa shape index (κ2) is 9.54. The Bertz CT molecular complexity index is 823. The first-order chi connectivity index (χ1) is 14.0. The molecule has 0 bridgehead atoms. The average Bonchev–Trinajstić information content (AvgIpc) is 3.42. The minimum absolute atomic E-state index is 0.206. The molecule has 0 aliphatic heterocycles. The summed E-state index contributed by atoms with van der Waals surface area (Å²) in [6.45, 7) is 3.93. The molecule has 0 unspecified atom stereocenters. The predicted octanol–water partition coefficient (Wildman–Crippen LogP) is 1.97. The Labute approximate surface area is 172 Å². The van der Waals surface area contributed by atoms with E-state index in [2.05, 4.69) is 20.6 Å². The zero-order valence-electron chi connectivity index (χ0n) is 17.6. The largest absolute Gasteiger partial charge is 0.357 e. The summed E-state index contributed by atoms with van der Waals surface area (Å²) in [5, 5.41) is 6.70. The van der Waals surface area contributed by atoms with Crippen LogP contribution in [-0.2, 0) is 11.3 Å². The number of aromatic nitrogens is 3. The van der Waals surface area contributed by atoms with Gasteiger partial charge in [-0.15, -0.1) is 0 Å². The van der Waals surface area contributed by atoms with Gasteiger partial charge in [0.2, 0.25) is 5.91 Å². The van der Waals surface area contributed by atoms with Gasteiger partial charge in [-0.05, 0) is 37.5 Å². The molecule has 3 rings (SSSR count). The quantitative estimate of drug-likeness (QED) is 0.551. The maximum atomic E-state index is 12.8. The molecule has 2 N–H and O–H groups in total. The van der Waals surface area contributed by atoms with Gasteiger partial charge in [0.15, 0.2) is 5.96 Å². The highest BCUT2D eigenvalue weighted by Crippen LogP contribution is 2.38. The second-order valence-electron chi connectivity index (χ2n) is 7.73. The molecule has 156 valence electrons. The number of amides is 1. The van der Waals surface area contributed by atoms with Crippen molar-refractivity contribution in [2.45, 2.75) is 39.2 Å². The van der Waals surface area contributed by atoms with E-state index in [1.54, 1.807) is 23.6 Å². The summed E-state index contributed by atoms with van der Waals surface area (Å²) in [6, 6.07) is 3.96. The number of aliphatic imine (C=N–C) groups is 1. The highest BCUT2D eigenvalue weighted by Gasteiger charge is 2.42. The number of imidazole rings is 1. The molecule has 0 aromatic carbocycles. The summed E-state index contributed by atoms with van der Waals surface area (Å²) >= 11 is 0. The fraction of sp³-hybridized carbons (Fsp3) is 0.524. The van der Waals surface area contributed by atoms with E-state index in [-0.39, 0.29) is 11.3 Å². The summed E-state index contributed by atoms with van der Waals surface area (Å²) < 4.78 is 1.87. The molecule has 2 aromatic heterocycles. The van der Waals surface area contributed by atoms with Crippen LogP contribution in [-0.4, -0.2) is 58.5 Å². The van der Waals surface area contributed by atoms with E-state index < -0.39 is 0 Å². The Kier molecular flexibility index (Phi) is 6.85. The molecule has 8 nitrogen and oxygen atoms in total. The summed E-state index contributed by atoms with van der Waals surface area (Å²) in [4.78, 5) is 27.7. The average molecular weight is 398 g/mol. The Morgan fingerprint density at radius 3 is 2.72 bits per heavy atom. The van der Waals surface area contributed by atoms with Crippen molar-refractivity contribution in [3.05, 3.63) is 42.6 Å². The third-order valence-electron chi connectivity index (χ3n) is 5.36. The predicted molar refractivity (Wildman–Crippen MR) is 114 cm³/mol. The minimum Gasteiger partial charge on any atom is -0.357 e. The van der Waals surface area contributed by atoms with Crippen LogP contribution >= 0.6 is 0 Å². The van der Waals surface area contributed by atoms with Crippen molar-refractivity contribution in [3.8, 4) is 5.82 Å². The van der Waals surface area contributed by atoms with Crippen molar-refractivity contribution in [1.29, 1.82) is 0 Å². The highest BCUT2D eigenvalue weighted by atomic mass is 16.2. The second-order valence-corrected chi connectivity index (χ2v) is 7.73. The van der Waals surface area contributed by atoms with Gasteiger partial charge in [-0.25, -0.2) is 15.0 Å². The molecule has 2 aromatic rings. The van der Waals surface area contributed by atoms with Crippen LogP contribution in [0.3, 0.4) is 0 Å². The molecule has 2 heterocycles. The monoisotopic (exact) mass is 397 g/mol. The first-order valence-electron chi connectivity index (χ1n) is 10.2. The third kappa shape index (κ3) is 5.13. The van der Waals surface area contributed by atoms with Crippen LogP contribution in [0.5, 0.6) is 0 Å². The highest BCUT2D eigenvalue weighted by molar-refractivity contribution is 5.85. The Morgan fingerprint density at radius 2 is 2.07 bits per heavy atom. The summed E-state index contributed by atoms with van der Waals surface area (Å²) in [6.07, 6.45) is 11.2. The van der Waals surface area contributed by atoms with Gasteiger partial charge in [0, 0.05) is 45.8 Å². The van der Waals surface area contributed by atoms with E-state index in [0.29, 0.717) is 13.1 Å². The fourth-order valence-electron chi connectivity index (χ4n) is 3.85. The molecular weight excluding hydrogens is 366 g/mol. The zero-order chi connectivity index (χ0) is 20.7. The molecule has 1 saturated carbocycles. The van der Waals surface area contributed by atoms with Crippen molar-refractivity contribution in [2.24, 2.45) is 10.4 Å². The standard InChI is InChI=1S/C21H31N7O/c1-4-23-20(26-15-21(8-5-6-9-21)19(29)27(2)3)25-14-17-7-10-24-18(13-17)28-12-11-22-16-28/h7,10-13,16H,4-6,8-9,14-15H2,1-3H3,(H2,23,25,26). The number of hydrogen-bond donors (Lipinski definition) is 2. The number of carbonyl (C=O) groups excluding carboxylic acids is 1. The molecule has 1 aliphatic carbocycles. The van der Waals surface area contributed by atoms with E-state index >= 15 is 0 Å². The van der Waals surface area contributed by atoms with Crippen LogP contribution in [0, 0.1) is 5.41 Å². The maximum absolute atomic E-state index is 12.8. The molecule has 0 atom stereocenters. The van der Waals surface area contributed by atoms with Crippen LogP contribution in [0.1, 0.15) is 38.2 Å². The summed E-state index contributed by atoms with van der Waals surface area (Å²) in [5.41, 5.74) is 0.728. The van der Waals surface area contributed by atoms with E-state index in [4.69, 9.17) is 4.99 Å². The zero-order valence-corrected chi connectivity index (χ0v) is 17.6. The van der Waals surface area contributed by atoms with Gasteiger partial charge in [-0.2, -0.15) is 0 Å². The van der Waals surface area contributed by atoms with Crippen LogP contribution in [0.15, 0.2) is 42.0 Å². The minimum atomic E-state index is -0.328. The molecule has 0 radical (unpaired) electrons. The molecular formula is C21H31N7O. The Morgan fingerprint density at radius 1 is 1.28 bits per heavy atom. The first-order valence-corrected chi connectivity index (χ1v) is 10.2.